The third-order valence-corrected chi connectivity index (χ3v) is 14.0. The Hall–Kier alpha value is -3.29. The number of aliphatic hydroxyl groups is 3. The molecule has 2 heterocycles. The number of benzene rings is 1. The maximum atomic E-state index is 14.8. The summed E-state index contributed by atoms with van der Waals surface area (Å²) >= 11 is 0. The van der Waals surface area contributed by atoms with E-state index in [1.165, 1.54) is 47.1 Å². The molecular weight excluding hydrogens is 658 g/mol. The summed E-state index contributed by atoms with van der Waals surface area (Å²) in [6, 6.07) is 2.97. The lowest BCUT2D eigenvalue weighted by Gasteiger charge is -2.62. The molecule has 51 heavy (non-hydrogen) atoms. The van der Waals surface area contributed by atoms with E-state index in [9.17, 15) is 28.9 Å². The third-order valence-electron chi connectivity index (χ3n) is 14.0. The lowest BCUT2D eigenvalue weighted by molar-refractivity contribution is -0.175. The second kappa shape index (κ2) is 13.9. The fourth-order valence-electron chi connectivity index (χ4n) is 11.4. The van der Waals surface area contributed by atoms with Gasteiger partial charge in [0, 0.05) is 18.1 Å². The van der Waals surface area contributed by atoms with Crippen LogP contribution in [0.1, 0.15) is 96.2 Å². The summed E-state index contributed by atoms with van der Waals surface area (Å²) in [7, 11) is 0. The van der Waals surface area contributed by atoms with Crippen molar-refractivity contribution < 1.29 is 33.6 Å². The molecule has 0 bridgehead atoms. The van der Waals surface area contributed by atoms with Crippen molar-refractivity contribution >= 4 is 5.97 Å². The number of hydrogen-bond donors (Lipinski definition) is 3. The highest BCUT2D eigenvalue weighted by atomic mass is 19.1. The van der Waals surface area contributed by atoms with Gasteiger partial charge in [-0.05, 0) is 110 Å². The zero-order valence-electron chi connectivity index (χ0n) is 29.9. The lowest BCUT2D eigenvalue weighted by Crippen LogP contribution is -2.58. The van der Waals surface area contributed by atoms with E-state index in [0.717, 1.165) is 44.6 Å². The first-order chi connectivity index (χ1) is 24.3. The van der Waals surface area contributed by atoms with Crippen molar-refractivity contribution in [3.63, 3.8) is 0 Å². The molecule has 0 amide bonds. The van der Waals surface area contributed by atoms with Gasteiger partial charge in [-0.2, -0.15) is 5.10 Å². The van der Waals surface area contributed by atoms with Crippen LogP contribution in [0.3, 0.4) is 0 Å². The van der Waals surface area contributed by atoms with Crippen LogP contribution in [0.15, 0.2) is 37.1 Å². The highest BCUT2D eigenvalue weighted by molar-refractivity contribution is 5.69. The minimum absolute atomic E-state index is 0.110. The summed E-state index contributed by atoms with van der Waals surface area (Å²) in [4.78, 5) is 16.8. The van der Waals surface area contributed by atoms with Crippen LogP contribution in [-0.2, 0) is 34.8 Å². The number of esters is 1. The largest absolute Gasteiger partial charge is 0.459 e. The number of halogens is 2. The average Bonchev–Trinajstić information content (AvgIpc) is 3.84. The van der Waals surface area contributed by atoms with Gasteiger partial charge in [-0.3, -0.25) is 4.79 Å². The Bertz CT molecular complexity index is 1690. The first-order valence-corrected chi connectivity index (χ1v) is 18.7. The first kappa shape index (κ1) is 36.1. The van der Waals surface area contributed by atoms with Gasteiger partial charge in [0.1, 0.15) is 42.2 Å². The second-order valence-corrected chi connectivity index (χ2v) is 16.7. The van der Waals surface area contributed by atoms with Gasteiger partial charge in [0.05, 0.1) is 31.5 Å². The number of ether oxygens (including phenoxy) is 1. The highest BCUT2D eigenvalue weighted by Crippen LogP contribution is 2.68. The second-order valence-electron chi connectivity index (χ2n) is 16.7. The predicted molar refractivity (Wildman–Crippen MR) is 181 cm³/mol. The van der Waals surface area contributed by atoms with E-state index in [4.69, 9.17) is 4.74 Å². The van der Waals surface area contributed by atoms with Gasteiger partial charge in [0.2, 0.25) is 0 Å². The van der Waals surface area contributed by atoms with Gasteiger partial charge < -0.3 is 20.1 Å². The Labute approximate surface area is 297 Å². The summed E-state index contributed by atoms with van der Waals surface area (Å²) in [6.45, 7) is 6.44. The van der Waals surface area contributed by atoms with Crippen LogP contribution in [0, 0.1) is 58.0 Å². The van der Waals surface area contributed by atoms with E-state index in [2.05, 4.69) is 41.2 Å². The van der Waals surface area contributed by atoms with Gasteiger partial charge in [0.25, 0.3) is 0 Å². The van der Waals surface area contributed by atoms with Gasteiger partial charge >= 0.3 is 5.97 Å². The fourth-order valence-corrected chi connectivity index (χ4v) is 11.4. The van der Waals surface area contributed by atoms with E-state index >= 15 is 0 Å². The number of nitrogens with zero attached hydrogens (tertiary/aromatic N) is 6. The molecule has 7 rings (SSSR count). The van der Waals surface area contributed by atoms with Crippen LogP contribution < -0.4 is 0 Å². The third kappa shape index (κ3) is 6.74. The molecule has 4 aliphatic rings. The topological polar surface area (TPSA) is 148 Å². The number of aromatic nitrogens is 6. The molecule has 3 aromatic rings. The van der Waals surface area contributed by atoms with E-state index in [-0.39, 0.29) is 66.6 Å². The van der Waals surface area contributed by atoms with Gasteiger partial charge in [0.15, 0.2) is 0 Å². The van der Waals surface area contributed by atoms with Crippen LogP contribution in [0.4, 0.5) is 8.78 Å². The minimum Gasteiger partial charge on any atom is -0.459 e. The highest BCUT2D eigenvalue weighted by Gasteiger charge is 2.63. The monoisotopic (exact) mass is 710 g/mol. The maximum absolute atomic E-state index is 14.8. The summed E-state index contributed by atoms with van der Waals surface area (Å²) in [5.74, 6) is 0.688. The normalized spacial score (nSPS) is 34.9. The Morgan fingerprint density at radius 1 is 1.08 bits per heavy atom. The molecule has 4 saturated carbocycles. The van der Waals surface area contributed by atoms with Crippen molar-refractivity contribution in [3.05, 3.63) is 59.9 Å². The van der Waals surface area contributed by atoms with Gasteiger partial charge in [-0.25, -0.2) is 23.1 Å². The molecule has 1 aromatic carbocycles. The quantitative estimate of drug-likeness (QED) is 0.229. The lowest BCUT2D eigenvalue weighted by atomic mass is 9.43. The molecule has 278 valence electrons. The molecule has 11 atom stereocenters. The summed E-state index contributed by atoms with van der Waals surface area (Å²) < 4.78 is 36.7. The molecule has 4 fully saturated rings. The Kier molecular flexibility index (Phi) is 9.85. The molecule has 1 unspecified atom stereocenters. The van der Waals surface area contributed by atoms with Crippen molar-refractivity contribution in [2.24, 2.45) is 46.3 Å². The summed E-state index contributed by atoms with van der Waals surface area (Å²) in [5.41, 5.74) is -1.62. The van der Waals surface area contributed by atoms with Crippen molar-refractivity contribution in [1.29, 1.82) is 0 Å². The maximum Gasteiger partial charge on any atom is 0.306 e. The van der Waals surface area contributed by atoms with Crippen molar-refractivity contribution in [2.75, 3.05) is 0 Å². The van der Waals surface area contributed by atoms with Gasteiger partial charge in [-0.15, -0.1) is 5.10 Å². The van der Waals surface area contributed by atoms with E-state index in [1.54, 1.807) is 0 Å². The van der Waals surface area contributed by atoms with E-state index < -0.39 is 17.2 Å². The Morgan fingerprint density at radius 2 is 1.88 bits per heavy atom. The van der Waals surface area contributed by atoms with Crippen molar-refractivity contribution in [1.82, 2.24) is 29.8 Å². The standard InChI is InChI=1S/C38H52F2N6O5/c1-23(29-9-10-30-28-7-5-24-14-27(47)12-13-36(24,2)32(28)16-34(48)37(29,30)3)4-11-35(49)51-18-26-17-45(44-43-26)19-38(50,20-46-22-41-21-42-46)31-8-6-25(39)15-33(31)40/h6,8,15,17,21-24,27-30,32,34,47-48,50H,4-5,7,9-14,16,18-20H2,1-3H3/t23-,24-,27-,28+,29-,30+,32+,34+,36+,37-,38?/m1/s1. The molecule has 3 N–H and O–H groups in total. The van der Waals surface area contributed by atoms with Crippen LogP contribution >= 0.6 is 0 Å². The van der Waals surface area contributed by atoms with Gasteiger partial charge in [-0.1, -0.05) is 32.1 Å². The molecule has 4 aliphatic carbocycles. The minimum atomic E-state index is -1.87. The fraction of sp³-hybridized carbons (Fsp3) is 0.711. The molecular formula is C38H52F2N6O5. The average molecular weight is 711 g/mol. The molecule has 0 saturated heterocycles. The molecule has 0 radical (unpaired) electrons. The first-order valence-electron chi connectivity index (χ1n) is 18.7. The molecule has 13 heteroatoms. The Morgan fingerprint density at radius 3 is 2.65 bits per heavy atom. The number of aliphatic hydroxyl groups excluding tert-OH is 2. The number of hydrogen-bond acceptors (Lipinski definition) is 9. The molecule has 0 aliphatic heterocycles. The number of rotatable bonds is 11. The van der Waals surface area contributed by atoms with Crippen LogP contribution in [-0.4, -0.2) is 63.3 Å². The van der Waals surface area contributed by atoms with Crippen molar-refractivity contribution in [2.45, 2.75) is 122 Å². The SMILES string of the molecule is C[C@H](CCC(=O)OCc1cn(CC(O)(Cn2cncn2)c2ccc(F)cc2F)nn1)[C@H]1CC[C@H]2[C@@H]3CC[C@@H]4C[C@H](O)CC[C@]4(C)[C@H]3C[C@H](O)[C@]12C. The number of carbonyl (C=O) groups excluding carboxylic acids is 1. The zero-order chi connectivity index (χ0) is 36.1. The van der Waals surface area contributed by atoms with E-state index in [0.29, 0.717) is 47.8 Å². The smallest absolute Gasteiger partial charge is 0.306 e. The van der Waals surface area contributed by atoms with Crippen molar-refractivity contribution in [3.8, 4) is 0 Å². The predicted octanol–water partition coefficient (Wildman–Crippen LogP) is 5.19. The number of carbonyl (C=O) groups is 1. The summed E-state index contributed by atoms with van der Waals surface area (Å²) in [6.07, 6.45) is 12.8. The van der Waals surface area contributed by atoms with Crippen LogP contribution in [0.5, 0.6) is 0 Å². The van der Waals surface area contributed by atoms with Crippen LogP contribution in [0.25, 0.3) is 0 Å². The molecule has 2 aromatic heterocycles. The van der Waals surface area contributed by atoms with E-state index in [1.807, 2.05) is 0 Å². The Balaban J connectivity index is 0.937. The zero-order valence-corrected chi connectivity index (χ0v) is 29.9. The molecule has 0 spiro atoms. The molecule has 11 nitrogen and oxygen atoms in total. The summed E-state index contributed by atoms with van der Waals surface area (Å²) in [5, 5.41) is 46.0. The number of fused-ring (bicyclic) bond motifs is 5. The van der Waals surface area contributed by atoms with Crippen LogP contribution in [0.2, 0.25) is 0 Å².